The van der Waals surface area contributed by atoms with Gasteiger partial charge in [0.15, 0.2) is 0 Å². The molecule has 0 radical (unpaired) electrons. The summed E-state index contributed by atoms with van der Waals surface area (Å²) >= 11 is 1.43. The zero-order chi connectivity index (χ0) is 14.7. The van der Waals surface area contributed by atoms with Crippen molar-refractivity contribution in [1.29, 1.82) is 0 Å². The summed E-state index contributed by atoms with van der Waals surface area (Å²) in [4.78, 5) is 20.9. The molecule has 0 aliphatic heterocycles. The maximum Gasteiger partial charge on any atom is 0.271 e. The number of hydrogen-bond acceptors (Lipinski definition) is 5. The molecule has 3 aromatic rings. The zero-order valence-corrected chi connectivity index (χ0v) is 12.6. The van der Waals surface area contributed by atoms with E-state index in [0.29, 0.717) is 11.2 Å². The van der Waals surface area contributed by atoms with Crippen LogP contribution in [0.25, 0.3) is 10.2 Å². The molecule has 0 spiro atoms. The predicted molar refractivity (Wildman–Crippen MR) is 86.0 cm³/mol. The number of rotatable bonds is 5. The normalized spacial score (nSPS) is 10.9. The van der Waals surface area contributed by atoms with E-state index in [1.54, 1.807) is 17.1 Å². The second-order valence-corrected chi connectivity index (χ2v) is 5.70. The Labute approximate surface area is 126 Å². The standard InChI is InChI=1S/C15H16N4OS/c1-2-5-16-13-8-11(3-6-17-13)9-19-10-18-12-4-7-21-14(12)15(19)20/h3-4,6-8,10H,2,5,9H2,1H3,(H,16,17). The van der Waals surface area contributed by atoms with Gasteiger partial charge in [-0.2, -0.15) is 0 Å². The molecule has 0 aliphatic carbocycles. The molecular weight excluding hydrogens is 284 g/mol. The van der Waals surface area contributed by atoms with Crippen LogP contribution in [0.3, 0.4) is 0 Å². The highest BCUT2D eigenvalue weighted by Crippen LogP contribution is 2.14. The molecule has 0 bridgehead atoms. The van der Waals surface area contributed by atoms with Gasteiger partial charge in [0.25, 0.3) is 5.56 Å². The van der Waals surface area contributed by atoms with Gasteiger partial charge in [-0.15, -0.1) is 11.3 Å². The van der Waals surface area contributed by atoms with Gasteiger partial charge in [-0.05, 0) is 35.6 Å². The molecule has 0 saturated carbocycles. The smallest absolute Gasteiger partial charge is 0.271 e. The Kier molecular flexibility index (Phi) is 3.96. The molecule has 21 heavy (non-hydrogen) atoms. The Balaban J connectivity index is 1.88. The number of nitrogens with one attached hydrogen (secondary N) is 1. The van der Waals surface area contributed by atoms with Crippen LogP contribution in [-0.2, 0) is 6.54 Å². The van der Waals surface area contributed by atoms with Crippen LogP contribution < -0.4 is 10.9 Å². The van der Waals surface area contributed by atoms with E-state index in [0.717, 1.165) is 29.9 Å². The number of nitrogens with zero attached hydrogens (tertiary/aromatic N) is 3. The summed E-state index contributed by atoms with van der Waals surface area (Å²) in [6.45, 7) is 3.50. The summed E-state index contributed by atoms with van der Waals surface area (Å²) in [5.41, 5.74) is 1.81. The lowest BCUT2D eigenvalue weighted by atomic mass is 10.2. The number of pyridine rings is 1. The van der Waals surface area contributed by atoms with Crippen molar-refractivity contribution in [1.82, 2.24) is 14.5 Å². The predicted octanol–water partition coefficient (Wildman–Crippen LogP) is 2.72. The molecule has 3 rings (SSSR count). The molecule has 0 amide bonds. The van der Waals surface area contributed by atoms with E-state index in [-0.39, 0.29) is 5.56 Å². The SMILES string of the molecule is CCCNc1cc(Cn2cnc3ccsc3c2=O)ccn1. The first-order chi connectivity index (χ1) is 10.3. The van der Waals surface area contributed by atoms with Crippen molar-refractivity contribution in [3.8, 4) is 0 Å². The van der Waals surface area contributed by atoms with Crippen LogP contribution in [0.5, 0.6) is 0 Å². The van der Waals surface area contributed by atoms with Crippen LogP contribution >= 0.6 is 11.3 Å². The third-order valence-corrected chi connectivity index (χ3v) is 4.06. The number of hydrogen-bond donors (Lipinski definition) is 1. The highest BCUT2D eigenvalue weighted by Gasteiger charge is 2.06. The molecule has 5 nitrogen and oxygen atoms in total. The summed E-state index contributed by atoms with van der Waals surface area (Å²) in [5, 5.41) is 5.14. The fourth-order valence-corrected chi connectivity index (χ4v) is 2.90. The van der Waals surface area contributed by atoms with Gasteiger partial charge in [0.2, 0.25) is 0 Å². The quantitative estimate of drug-likeness (QED) is 0.787. The van der Waals surface area contributed by atoms with Crippen LogP contribution in [0, 0.1) is 0 Å². The third kappa shape index (κ3) is 2.95. The molecule has 0 aromatic carbocycles. The van der Waals surface area contributed by atoms with Crippen molar-refractivity contribution >= 4 is 27.4 Å². The van der Waals surface area contributed by atoms with Crippen molar-refractivity contribution < 1.29 is 0 Å². The molecule has 1 N–H and O–H groups in total. The van der Waals surface area contributed by atoms with Gasteiger partial charge in [0.1, 0.15) is 10.5 Å². The fraction of sp³-hybridized carbons (Fsp3) is 0.267. The van der Waals surface area contributed by atoms with Gasteiger partial charge in [-0.25, -0.2) is 9.97 Å². The molecule has 0 atom stereocenters. The Hall–Kier alpha value is -2.21. The molecule has 3 heterocycles. The van der Waals surface area contributed by atoms with Crippen molar-refractivity contribution in [2.75, 3.05) is 11.9 Å². The summed E-state index contributed by atoms with van der Waals surface area (Å²) in [7, 11) is 0. The lowest BCUT2D eigenvalue weighted by Crippen LogP contribution is -2.20. The highest BCUT2D eigenvalue weighted by atomic mass is 32.1. The minimum absolute atomic E-state index is 0.00915. The molecule has 3 aromatic heterocycles. The van der Waals surface area contributed by atoms with Gasteiger partial charge in [-0.1, -0.05) is 6.92 Å². The molecule has 0 unspecified atom stereocenters. The first-order valence-corrected chi connectivity index (χ1v) is 7.77. The average molecular weight is 300 g/mol. The van der Waals surface area contributed by atoms with Crippen LogP contribution in [0.2, 0.25) is 0 Å². The maximum atomic E-state index is 12.4. The summed E-state index contributed by atoms with van der Waals surface area (Å²) in [5.74, 6) is 0.840. The molecular formula is C15H16N4OS. The van der Waals surface area contributed by atoms with E-state index in [9.17, 15) is 4.79 Å². The molecule has 0 saturated heterocycles. The van der Waals surface area contributed by atoms with Gasteiger partial charge in [0, 0.05) is 12.7 Å². The molecule has 0 aliphatic rings. The monoisotopic (exact) mass is 300 g/mol. The Morgan fingerprint density at radius 3 is 3.10 bits per heavy atom. The minimum Gasteiger partial charge on any atom is -0.370 e. The van der Waals surface area contributed by atoms with Crippen molar-refractivity contribution in [2.45, 2.75) is 19.9 Å². The van der Waals surface area contributed by atoms with Crippen molar-refractivity contribution in [3.05, 3.63) is 52.0 Å². The van der Waals surface area contributed by atoms with Gasteiger partial charge < -0.3 is 5.32 Å². The second kappa shape index (κ2) is 6.05. The topological polar surface area (TPSA) is 59.8 Å². The van der Waals surface area contributed by atoms with Crippen LogP contribution in [-0.4, -0.2) is 21.1 Å². The van der Waals surface area contributed by atoms with E-state index >= 15 is 0 Å². The van der Waals surface area contributed by atoms with Gasteiger partial charge >= 0.3 is 0 Å². The van der Waals surface area contributed by atoms with Crippen molar-refractivity contribution in [2.24, 2.45) is 0 Å². The molecule has 6 heteroatoms. The molecule has 0 fully saturated rings. The van der Waals surface area contributed by atoms with Gasteiger partial charge in [0.05, 0.1) is 18.4 Å². The maximum absolute atomic E-state index is 12.4. The lowest BCUT2D eigenvalue weighted by molar-refractivity contribution is 0.749. The summed E-state index contributed by atoms with van der Waals surface area (Å²) < 4.78 is 2.34. The lowest BCUT2D eigenvalue weighted by Gasteiger charge is -2.08. The fourth-order valence-electron chi connectivity index (χ4n) is 2.11. The Bertz CT molecular complexity index is 809. The summed E-state index contributed by atoms with van der Waals surface area (Å²) in [6.07, 6.45) is 4.41. The van der Waals surface area contributed by atoms with E-state index < -0.39 is 0 Å². The Morgan fingerprint density at radius 2 is 2.24 bits per heavy atom. The first kappa shape index (κ1) is 13.8. The van der Waals surface area contributed by atoms with E-state index in [2.05, 4.69) is 22.2 Å². The highest BCUT2D eigenvalue weighted by molar-refractivity contribution is 7.17. The zero-order valence-electron chi connectivity index (χ0n) is 11.7. The number of aromatic nitrogens is 3. The largest absolute Gasteiger partial charge is 0.370 e. The van der Waals surface area contributed by atoms with E-state index in [1.165, 1.54) is 11.3 Å². The van der Waals surface area contributed by atoms with Gasteiger partial charge in [-0.3, -0.25) is 9.36 Å². The van der Waals surface area contributed by atoms with Crippen LogP contribution in [0.15, 0.2) is 40.9 Å². The minimum atomic E-state index is 0.00915. The molecule has 108 valence electrons. The second-order valence-electron chi connectivity index (χ2n) is 4.79. The number of anilines is 1. The average Bonchev–Trinajstić information content (AvgIpc) is 2.98. The Morgan fingerprint density at radius 1 is 1.33 bits per heavy atom. The number of fused-ring (bicyclic) bond motifs is 1. The van der Waals surface area contributed by atoms with Crippen LogP contribution in [0.1, 0.15) is 18.9 Å². The number of thiophene rings is 1. The van der Waals surface area contributed by atoms with E-state index in [1.807, 2.05) is 23.6 Å². The first-order valence-electron chi connectivity index (χ1n) is 6.89. The van der Waals surface area contributed by atoms with Crippen molar-refractivity contribution in [3.63, 3.8) is 0 Å². The summed E-state index contributed by atoms with van der Waals surface area (Å²) in [6, 6.07) is 5.76. The third-order valence-electron chi connectivity index (χ3n) is 3.17. The van der Waals surface area contributed by atoms with E-state index in [4.69, 9.17) is 0 Å². The van der Waals surface area contributed by atoms with Crippen LogP contribution in [0.4, 0.5) is 5.82 Å².